The molecule has 0 saturated carbocycles. The maximum Gasteiger partial charge on any atom is 0.222 e. The summed E-state index contributed by atoms with van der Waals surface area (Å²) in [5.41, 5.74) is 1.88. The summed E-state index contributed by atoms with van der Waals surface area (Å²) in [5.74, 6) is 0.112. The number of likely N-dealkylation sites (tertiary alicyclic amines) is 1. The van der Waals surface area contributed by atoms with Crippen molar-refractivity contribution >= 4 is 5.91 Å². The Balaban J connectivity index is 1.46. The van der Waals surface area contributed by atoms with Crippen molar-refractivity contribution in [1.82, 2.24) is 19.6 Å². The molecule has 6 heteroatoms. The molecule has 1 aromatic heterocycles. The van der Waals surface area contributed by atoms with E-state index in [0.717, 1.165) is 50.3 Å². The maximum atomic E-state index is 14.0. The Morgan fingerprint density at radius 1 is 1.24 bits per heavy atom. The summed E-state index contributed by atoms with van der Waals surface area (Å²) in [5, 5.41) is 4.47. The van der Waals surface area contributed by atoms with Crippen molar-refractivity contribution in [1.29, 1.82) is 0 Å². The quantitative estimate of drug-likeness (QED) is 0.839. The third kappa shape index (κ3) is 3.44. The highest BCUT2D eigenvalue weighted by Gasteiger charge is 2.28. The highest BCUT2D eigenvalue weighted by atomic mass is 19.1. The Hall–Kier alpha value is -2.21. The number of fused-ring (bicyclic) bond motifs is 1. The van der Waals surface area contributed by atoms with Crippen LogP contribution in [-0.4, -0.2) is 45.1 Å². The second-order valence-electron chi connectivity index (χ2n) is 6.95. The van der Waals surface area contributed by atoms with E-state index in [2.05, 4.69) is 14.7 Å². The van der Waals surface area contributed by atoms with Gasteiger partial charge in [-0.2, -0.15) is 5.10 Å². The highest BCUT2D eigenvalue weighted by Crippen LogP contribution is 2.25. The van der Waals surface area contributed by atoms with Crippen molar-refractivity contribution in [3.05, 3.63) is 53.6 Å². The largest absolute Gasteiger partial charge is 0.343 e. The molecule has 0 radical (unpaired) electrons. The Morgan fingerprint density at radius 3 is 2.92 bits per heavy atom. The Labute approximate surface area is 147 Å². The molecule has 0 aliphatic carbocycles. The fraction of sp³-hybridized carbons (Fsp3) is 0.474. The molecule has 0 spiro atoms. The Morgan fingerprint density at radius 2 is 2.12 bits per heavy atom. The van der Waals surface area contributed by atoms with E-state index in [1.807, 2.05) is 29.3 Å². The van der Waals surface area contributed by atoms with E-state index in [9.17, 15) is 9.18 Å². The van der Waals surface area contributed by atoms with Gasteiger partial charge in [0.15, 0.2) is 0 Å². The van der Waals surface area contributed by atoms with Gasteiger partial charge in [-0.25, -0.2) is 4.39 Å². The van der Waals surface area contributed by atoms with Crippen LogP contribution in [0.5, 0.6) is 0 Å². The Kier molecular flexibility index (Phi) is 4.53. The number of carbonyl (C=O) groups is 1. The second-order valence-corrected chi connectivity index (χ2v) is 6.95. The van der Waals surface area contributed by atoms with Crippen molar-refractivity contribution in [2.45, 2.75) is 38.4 Å². The van der Waals surface area contributed by atoms with Gasteiger partial charge in [0.25, 0.3) is 0 Å². The van der Waals surface area contributed by atoms with Crippen LogP contribution < -0.4 is 0 Å². The number of benzene rings is 1. The molecule has 0 N–H and O–H groups in total. The molecule has 3 heterocycles. The van der Waals surface area contributed by atoms with E-state index in [1.165, 1.54) is 6.07 Å². The van der Waals surface area contributed by atoms with E-state index in [1.54, 1.807) is 6.07 Å². The first kappa shape index (κ1) is 16.3. The molecular formula is C19H23FN4O. The number of nitrogens with zero attached hydrogens (tertiary/aromatic N) is 4. The van der Waals surface area contributed by atoms with Crippen molar-refractivity contribution in [2.24, 2.45) is 0 Å². The van der Waals surface area contributed by atoms with E-state index >= 15 is 0 Å². The van der Waals surface area contributed by atoms with Crippen LogP contribution in [0.1, 0.15) is 36.6 Å². The van der Waals surface area contributed by atoms with Gasteiger partial charge in [-0.05, 0) is 25.0 Å². The minimum atomic E-state index is -0.152. The van der Waals surface area contributed by atoms with Gasteiger partial charge in [0, 0.05) is 50.9 Å². The molecule has 1 unspecified atom stereocenters. The molecule has 1 atom stereocenters. The molecule has 0 bridgehead atoms. The van der Waals surface area contributed by atoms with Crippen molar-refractivity contribution in [3.63, 3.8) is 0 Å². The first-order valence-corrected chi connectivity index (χ1v) is 8.96. The first-order chi connectivity index (χ1) is 12.2. The molecule has 2 aromatic rings. The average molecular weight is 342 g/mol. The zero-order valence-corrected chi connectivity index (χ0v) is 14.3. The zero-order chi connectivity index (χ0) is 17.2. The second kappa shape index (κ2) is 6.96. The average Bonchev–Trinajstić information content (AvgIpc) is 3.23. The lowest BCUT2D eigenvalue weighted by Crippen LogP contribution is -2.39. The van der Waals surface area contributed by atoms with Gasteiger partial charge in [-0.3, -0.25) is 14.4 Å². The maximum absolute atomic E-state index is 14.0. The number of halogens is 1. The van der Waals surface area contributed by atoms with Crippen LogP contribution >= 0.6 is 0 Å². The van der Waals surface area contributed by atoms with Gasteiger partial charge in [0.1, 0.15) is 5.82 Å². The molecule has 1 aromatic carbocycles. The fourth-order valence-corrected chi connectivity index (χ4v) is 3.91. The summed E-state index contributed by atoms with van der Waals surface area (Å²) in [6.07, 6.45) is 4.36. The van der Waals surface area contributed by atoms with E-state index in [-0.39, 0.29) is 17.8 Å². The third-order valence-electron chi connectivity index (χ3n) is 5.21. The molecule has 132 valence electrons. The smallest absolute Gasteiger partial charge is 0.222 e. The van der Waals surface area contributed by atoms with Crippen LogP contribution in [0.3, 0.4) is 0 Å². The summed E-state index contributed by atoms with van der Waals surface area (Å²) in [6.45, 7) is 3.84. The lowest BCUT2D eigenvalue weighted by atomic mass is 10.1. The molecule has 1 saturated heterocycles. The fourth-order valence-electron chi connectivity index (χ4n) is 3.91. The lowest BCUT2D eigenvalue weighted by molar-refractivity contribution is -0.127. The number of hydrogen-bond acceptors (Lipinski definition) is 3. The third-order valence-corrected chi connectivity index (χ3v) is 5.21. The summed E-state index contributed by atoms with van der Waals surface area (Å²) in [6, 6.07) is 9.21. The minimum absolute atomic E-state index is 0.152. The van der Waals surface area contributed by atoms with Gasteiger partial charge < -0.3 is 4.90 Å². The van der Waals surface area contributed by atoms with E-state index < -0.39 is 0 Å². The number of hydrogen-bond donors (Lipinski definition) is 0. The van der Waals surface area contributed by atoms with Gasteiger partial charge in [0.2, 0.25) is 5.91 Å². The first-order valence-electron chi connectivity index (χ1n) is 8.96. The van der Waals surface area contributed by atoms with Crippen molar-refractivity contribution in [2.75, 3.05) is 19.6 Å². The molecule has 25 heavy (non-hydrogen) atoms. The molecule has 1 amide bonds. The Bertz CT molecular complexity index is 759. The van der Waals surface area contributed by atoms with Crippen LogP contribution in [0.15, 0.2) is 36.5 Å². The van der Waals surface area contributed by atoms with Crippen LogP contribution in [0.4, 0.5) is 4.39 Å². The number of rotatable bonds is 5. The normalized spacial score (nSPS) is 20.9. The van der Waals surface area contributed by atoms with E-state index in [4.69, 9.17) is 0 Å². The van der Waals surface area contributed by atoms with Crippen LogP contribution in [-0.2, 0) is 17.9 Å². The zero-order valence-electron chi connectivity index (χ0n) is 14.3. The summed E-state index contributed by atoms with van der Waals surface area (Å²) < 4.78 is 16.1. The SMILES string of the molecule is O=C1CCCN1CCC1CN(Cc2ccccc2F)Cc2ccnn21. The number of carbonyl (C=O) groups excluding carboxylic acids is 1. The predicted molar refractivity (Wildman–Crippen MR) is 92.2 cm³/mol. The summed E-state index contributed by atoms with van der Waals surface area (Å²) >= 11 is 0. The lowest BCUT2D eigenvalue weighted by Gasteiger charge is -2.34. The standard InChI is InChI=1S/C19H23FN4O/c20-18-5-2-1-4-15(18)12-22-13-16-7-9-21-24(16)17(14-22)8-11-23-10-3-6-19(23)25/h1-2,4-5,7,9,17H,3,6,8,10-14H2. The van der Waals surface area contributed by atoms with Gasteiger partial charge in [-0.15, -0.1) is 0 Å². The van der Waals surface area contributed by atoms with Gasteiger partial charge in [0.05, 0.1) is 11.7 Å². The molecule has 5 nitrogen and oxygen atoms in total. The molecule has 2 aliphatic rings. The molecule has 4 rings (SSSR count). The van der Waals surface area contributed by atoms with Crippen LogP contribution in [0, 0.1) is 5.82 Å². The monoisotopic (exact) mass is 342 g/mol. The molecule has 1 fully saturated rings. The summed E-state index contributed by atoms with van der Waals surface area (Å²) in [7, 11) is 0. The molecular weight excluding hydrogens is 319 g/mol. The van der Waals surface area contributed by atoms with Gasteiger partial charge in [-0.1, -0.05) is 18.2 Å². The molecule has 2 aliphatic heterocycles. The summed E-state index contributed by atoms with van der Waals surface area (Å²) in [4.78, 5) is 16.1. The number of amides is 1. The van der Waals surface area contributed by atoms with E-state index in [0.29, 0.717) is 13.0 Å². The van der Waals surface area contributed by atoms with Crippen LogP contribution in [0.2, 0.25) is 0 Å². The predicted octanol–water partition coefficient (Wildman–Crippen LogP) is 2.59. The van der Waals surface area contributed by atoms with Crippen LogP contribution in [0.25, 0.3) is 0 Å². The highest BCUT2D eigenvalue weighted by molar-refractivity contribution is 5.77. The van der Waals surface area contributed by atoms with Gasteiger partial charge >= 0.3 is 0 Å². The van der Waals surface area contributed by atoms with Crippen molar-refractivity contribution < 1.29 is 9.18 Å². The topological polar surface area (TPSA) is 41.4 Å². The minimum Gasteiger partial charge on any atom is -0.343 e. The number of aromatic nitrogens is 2. The van der Waals surface area contributed by atoms with Crippen molar-refractivity contribution in [3.8, 4) is 0 Å².